The van der Waals surface area contributed by atoms with Crippen molar-refractivity contribution >= 4 is 5.91 Å². The Morgan fingerprint density at radius 3 is 3.17 bits per heavy atom. The molecule has 0 aromatic carbocycles. The molecule has 0 fully saturated rings. The number of nitrogens with zero attached hydrogens (tertiary/aromatic N) is 2. The molecule has 1 aliphatic rings. The molecule has 1 amide bonds. The molecule has 3 N–H and O–H groups in total. The fourth-order valence-electron chi connectivity index (χ4n) is 2.29. The van der Waals surface area contributed by atoms with E-state index in [1.54, 1.807) is 11.2 Å². The summed E-state index contributed by atoms with van der Waals surface area (Å²) < 4.78 is 0. The average Bonchev–Trinajstić information content (AvgIpc) is 2.84. The Labute approximate surface area is 106 Å². The predicted molar refractivity (Wildman–Crippen MR) is 66.9 cm³/mol. The smallest absolute Gasteiger partial charge is 0.240 e. The Kier molecular flexibility index (Phi) is 4.33. The van der Waals surface area contributed by atoms with E-state index in [0.29, 0.717) is 26.1 Å². The molecule has 0 bridgehead atoms. The lowest BCUT2D eigenvalue weighted by Crippen LogP contribution is -2.50. The van der Waals surface area contributed by atoms with Crippen molar-refractivity contribution in [1.82, 2.24) is 20.2 Å². The second kappa shape index (κ2) is 5.97. The number of aliphatic hydroxyl groups excluding tert-OH is 1. The molecule has 6 nitrogen and oxygen atoms in total. The number of hydrogen-bond acceptors (Lipinski definition) is 4. The van der Waals surface area contributed by atoms with Crippen LogP contribution in [0.15, 0.2) is 6.33 Å². The summed E-state index contributed by atoms with van der Waals surface area (Å²) in [5.74, 6) is 0.0551. The highest BCUT2D eigenvalue weighted by atomic mass is 16.3. The van der Waals surface area contributed by atoms with Gasteiger partial charge in [-0.2, -0.15) is 0 Å². The number of aromatic nitrogens is 2. The first kappa shape index (κ1) is 13.0. The molecular weight excluding hydrogens is 232 g/mol. The van der Waals surface area contributed by atoms with Gasteiger partial charge in [-0.05, 0) is 6.42 Å². The van der Waals surface area contributed by atoms with Crippen LogP contribution in [0, 0.1) is 0 Å². The average molecular weight is 252 g/mol. The van der Waals surface area contributed by atoms with Crippen molar-refractivity contribution in [3.05, 3.63) is 17.7 Å². The maximum absolute atomic E-state index is 12.3. The topological polar surface area (TPSA) is 81.2 Å². The molecule has 1 aromatic heterocycles. The van der Waals surface area contributed by atoms with Gasteiger partial charge in [0.2, 0.25) is 5.91 Å². The molecule has 18 heavy (non-hydrogen) atoms. The number of carbonyl (C=O) groups excluding carboxylic acids is 1. The zero-order valence-electron chi connectivity index (χ0n) is 10.6. The van der Waals surface area contributed by atoms with Crippen LogP contribution in [0.25, 0.3) is 0 Å². The zero-order valence-corrected chi connectivity index (χ0v) is 10.6. The summed E-state index contributed by atoms with van der Waals surface area (Å²) >= 11 is 0. The molecule has 0 saturated carbocycles. The van der Waals surface area contributed by atoms with Crippen LogP contribution in [-0.2, 0) is 17.8 Å². The number of rotatable bonds is 5. The van der Waals surface area contributed by atoms with Gasteiger partial charge in [0.25, 0.3) is 0 Å². The Balaban J connectivity index is 2.01. The number of nitrogens with one attached hydrogen (secondary N) is 2. The maximum atomic E-state index is 12.3. The standard InChI is InChI=1S/C12H20N4O2/c1-2-3-16(4-5-17)12(18)10-6-9-11(7-13-10)15-8-14-9/h8,10,13,17H,2-7H2,1H3,(H,14,15). The van der Waals surface area contributed by atoms with Gasteiger partial charge >= 0.3 is 0 Å². The minimum atomic E-state index is -0.223. The molecule has 1 unspecified atom stereocenters. The fraction of sp³-hybridized carbons (Fsp3) is 0.667. The lowest BCUT2D eigenvalue weighted by Gasteiger charge is -2.29. The first-order chi connectivity index (χ1) is 8.76. The second-order valence-corrected chi connectivity index (χ2v) is 4.51. The molecule has 2 rings (SSSR count). The van der Waals surface area contributed by atoms with E-state index in [2.05, 4.69) is 15.3 Å². The summed E-state index contributed by atoms with van der Waals surface area (Å²) in [6.45, 7) is 3.76. The molecular formula is C12H20N4O2. The number of imidazole rings is 1. The van der Waals surface area contributed by atoms with Crippen LogP contribution in [0.1, 0.15) is 24.7 Å². The monoisotopic (exact) mass is 252 g/mol. The van der Waals surface area contributed by atoms with E-state index in [4.69, 9.17) is 5.11 Å². The van der Waals surface area contributed by atoms with Crippen molar-refractivity contribution in [3.8, 4) is 0 Å². The molecule has 0 radical (unpaired) electrons. The third-order valence-electron chi connectivity index (χ3n) is 3.20. The number of fused-ring (bicyclic) bond motifs is 1. The first-order valence-electron chi connectivity index (χ1n) is 6.40. The van der Waals surface area contributed by atoms with Crippen molar-refractivity contribution in [2.24, 2.45) is 0 Å². The van der Waals surface area contributed by atoms with E-state index in [9.17, 15) is 4.79 Å². The fourth-order valence-corrected chi connectivity index (χ4v) is 2.29. The summed E-state index contributed by atoms with van der Waals surface area (Å²) in [7, 11) is 0. The molecule has 1 aromatic rings. The van der Waals surface area contributed by atoms with Gasteiger partial charge in [-0.1, -0.05) is 6.92 Å². The van der Waals surface area contributed by atoms with E-state index < -0.39 is 0 Å². The highest BCUT2D eigenvalue weighted by molar-refractivity contribution is 5.82. The van der Waals surface area contributed by atoms with E-state index in [-0.39, 0.29) is 18.6 Å². The van der Waals surface area contributed by atoms with Gasteiger partial charge < -0.3 is 15.0 Å². The molecule has 0 aliphatic carbocycles. The lowest BCUT2D eigenvalue weighted by molar-refractivity contribution is -0.134. The summed E-state index contributed by atoms with van der Waals surface area (Å²) in [5.41, 5.74) is 2.02. The highest BCUT2D eigenvalue weighted by Crippen LogP contribution is 2.13. The van der Waals surface area contributed by atoms with E-state index in [0.717, 1.165) is 17.8 Å². The van der Waals surface area contributed by atoms with Crippen molar-refractivity contribution in [2.45, 2.75) is 32.4 Å². The van der Waals surface area contributed by atoms with Crippen LogP contribution in [0.5, 0.6) is 0 Å². The minimum absolute atomic E-state index is 0.00607. The molecule has 0 spiro atoms. The molecule has 1 atom stereocenters. The Bertz CT molecular complexity index is 399. The second-order valence-electron chi connectivity index (χ2n) is 4.51. The van der Waals surface area contributed by atoms with Crippen LogP contribution < -0.4 is 5.32 Å². The minimum Gasteiger partial charge on any atom is -0.395 e. The van der Waals surface area contributed by atoms with Crippen LogP contribution >= 0.6 is 0 Å². The molecule has 0 saturated heterocycles. The molecule has 6 heteroatoms. The van der Waals surface area contributed by atoms with E-state index in [1.165, 1.54) is 0 Å². The van der Waals surface area contributed by atoms with E-state index >= 15 is 0 Å². The Morgan fingerprint density at radius 1 is 1.61 bits per heavy atom. The third-order valence-corrected chi connectivity index (χ3v) is 3.20. The Morgan fingerprint density at radius 2 is 2.44 bits per heavy atom. The summed E-state index contributed by atoms with van der Waals surface area (Å²) in [6, 6.07) is -0.223. The zero-order chi connectivity index (χ0) is 13.0. The van der Waals surface area contributed by atoms with Gasteiger partial charge in [-0.15, -0.1) is 0 Å². The number of hydrogen-bond donors (Lipinski definition) is 3. The largest absolute Gasteiger partial charge is 0.395 e. The van der Waals surface area contributed by atoms with Gasteiger partial charge in [0.05, 0.1) is 30.4 Å². The van der Waals surface area contributed by atoms with Gasteiger partial charge in [0.1, 0.15) is 0 Å². The summed E-state index contributed by atoms with van der Waals surface area (Å²) in [4.78, 5) is 21.3. The first-order valence-corrected chi connectivity index (χ1v) is 6.40. The lowest BCUT2D eigenvalue weighted by atomic mass is 10.0. The normalized spacial score (nSPS) is 18.4. The van der Waals surface area contributed by atoms with E-state index in [1.807, 2.05) is 6.92 Å². The van der Waals surface area contributed by atoms with Crippen LogP contribution in [0.4, 0.5) is 0 Å². The molecule has 2 heterocycles. The van der Waals surface area contributed by atoms with Gasteiger partial charge in [-0.3, -0.25) is 10.1 Å². The molecule has 100 valence electrons. The quantitative estimate of drug-likeness (QED) is 0.669. The number of aliphatic hydroxyl groups is 1. The highest BCUT2D eigenvalue weighted by Gasteiger charge is 2.28. The molecule has 1 aliphatic heterocycles. The number of H-pyrrole nitrogens is 1. The van der Waals surface area contributed by atoms with Gasteiger partial charge in [-0.25, -0.2) is 4.98 Å². The number of amides is 1. The van der Waals surface area contributed by atoms with Crippen molar-refractivity contribution in [1.29, 1.82) is 0 Å². The van der Waals surface area contributed by atoms with Crippen LogP contribution in [0.2, 0.25) is 0 Å². The van der Waals surface area contributed by atoms with Crippen LogP contribution in [0.3, 0.4) is 0 Å². The van der Waals surface area contributed by atoms with Crippen molar-refractivity contribution < 1.29 is 9.90 Å². The maximum Gasteiger partial charge on any atom is 0.240 e. The third kappa shape index (κ3) is 2.70. The van der Waals surface area contributed by atoms with Gasteiger partial charge in [0.15, 0.2) is 0 Å². The summed E-state index contributed by atoms with van der Waals surface area (Å²) in [5, 5.41) is 12.2. The SMILES string of the molecule is CCCN(CCO)C(=O)C1Cc2nc[nH]c2CN1. The van der Waals surface area contributed by atoms with Crippen LogP contribution in [-0.4, -0.2) is 51.6 Å². The Hall–Kier alpha value is -1.40. The summed E-state index contributed by atoms with van der Waals surface area (Å²) in [6.07, 6.45) is 3.17. The van der Waals surface area contributed by atoms with Crippen molar-refractivity contribution in [3.63, 3.8) is 0 Å². The predicted octanol–water partition coefficient (Wildman–Crippen LogP) is -0.345. The number of carbonyl (C=O) groups is 1. The number of aromatic amines is 1. The van der Waals surface area contributed by atoms with Crippen molar-refractivity contribution in [2.75, 3.05) is 19.7 Å². The van der Waals surface area contributed by atoms with Gasteiger partial charge in [0, 0.05) is 26.1 Å².